The van der Waals surface area contributed by atoms with Crippen LogP contribution >= 0.6 is 0 Å². The van der Waals surface area contributed by atoms with Gasteiger partial charge in [-0.25, -0.2) is 23.7 Å². The van der Waals surface area contributed by atoms with Gasteiger partial charge in [-0.1, -0.05) is 6.92 Å². The smallest absolute Gasteiger partial charge is 0.258 e. The average molecular weight is 471 g/mol. The Bertz CT molecular complexity index is 986. The first-order valence-corrected chi connectivity index (χ1v) is 12.1. The molecular formula is C25H32F2N6O. The van der Waals surface area contributed by atoms with Gasteiger partial charge < -0.3 is 10.6 Å². The van der Waals surface area contributed by atoms with Crippen molar-refractivity contribution in [2.75, 3.05) is 5.32 Å². The van der Waals surface area contributed by atoms with Crippen molar-refractivity contribution in [1.29, 1.82) is 0 Å². The molecule has 2 saturated carbocycles. The second-order valence-corrected chi connectivity index (χ2v) is 9.38. The van der Waals surface area contributed by atoms with Gasteiger partial charge in [0.05, 0.1) is 6.04 Å². The lowest BCUT2D eigenvalue weighted by atomic mass is 9.88. The second kappa shape index (κ2) is 11.4. The summed E-state index contributed by atoms with van der Waals surface area (Å²) in [5.74, 6) is -0.801. The minimum absolute atomic E-state index is 0.0569. The Hall–Kier alpha value is -3.10. The number of halogens is 2. The number of anilines is 1. The minimum Gasteiger partial charge on any atom is -0.353 e. The van der Waals surface area contributed by atoms with E-state index in [1.807, 2.05) is 0 Å². The van der Waals surface area contributed by atoms with Crippen LogP contribution in [0.5, 0.6) is 0 Å². The molecule has 0 unspecified atom stereocenters. The van der Waals surface area contributed by atoms with E-state index < -0.39 is 17.5 Å². The molecule has 2 aromatic rings. The van der Waals surface area contributed by atoms with Crippen LogP contribution in [-0.2, 0) is 0 Å². The summed E-state index contributed by atoms with van der Waals surface area (Å²) in [5.41, 5.74) is 0.0569. The number of guanidine groups is 1. The number of amides is 1. The van der Waals surface area contributed by atoms with Crippen LogP contribution in [0.2, 0.25) is 0 Å². The first-order chi connectivity index (χ1) is 16.5. The van der Waals surface area contributed by atoms with E-state index in [4.69, 9.17) is 4.99 Å². The van der Waals surface area contributed by atoms with Crippen LogP contribution in [-0.4, -0.2) is 40.0 Å². The molecule has 1 heterocycles. The Morgan fingerprint density at radius 2 is 1.62 bits per heavy atom. The van der Waals surface area contributed by atoms with Gasteiger partial charge in [0.1, 0.15) is 0 Å². The number of aliphatic imine (C=N–C) groups is 1. The number of benzene rings is 1. The zero-order valence-corrected chi connectivity index (χ0v) is 19.4. The molecule has 1 amide bonds. The maximum atomic E-state index is 13.6. The van der Waals surface area contributed by atoms with Gasteiger partial charge in [-0.05, 0) is 81.5 Å². The van der Waals surface area contributed by atoms with Crippen LogP contribution in [0.4, 0.5) is 14.7 Å². The van der Waals surface area contributed by atoms with Crippen LogP contribution < -0.4 is 16.0 Å². The Morgan fingerprint density at radius 3 is 2.29 bits per heavy atom. The molecule has 2 aliphatic rings. The van der Waals surface area contributed by atoms with Crippen molar-refractivity contribution in [2.24, 2.45) is 10.9 Å². The van der Waals surface area contributed by atoms with Crippen molar-refractivity contribution in [3.63, 3.8) is 0 Å². The minimum atomic E-state index is -1.05. The van der Waals surface area contributed by atoms with Gasteiger partial charge in [-0.15, -0.1) is 0 Å². The van der Waals surface area contributed by atoms with E-state index in [9.17, 15) is 13.6 Å². The first kappa shape index (κ1) is 24.0. The van der Waals surface area contributed by atoms with E-state index in [2.05, 4.69) is 32.8 Å². The number of hydrogen-bond acceptors (Lipinski definition) is 5. The monoisotopic (exact) mass is 470 g/mol. The molecule has 1 aromatic heterocycles. The largest absolute Gasteiger partial charge is 0.353 e. The number of nitrogens with zero attached hydrogens (tertiary/aromatic N) is 3. The van der Waals surface area contributed by atoms with Crippen molar-refractivity contribution < 1.29 is 13.6 Å². The molecule has 0 spiro atoms. The van der Waals surface area contributed by atoms with Crippen molar-refractivity contribution in [2.45, 2.75) is 76.4 Å². The van der Waals surface area contributed by atoms with Gasteiger partial charge in [0, 0.05) is 30.0 Å². The maximum Gasteiger partial charge on any atom is 0.258 e. The lowest BCUT2D eigenvalue weighted by Crippen LogP contribution is -2.48. The highest BCUT2D eigenvalue weighted by Gasteiger charge is 2.25. The van der Waals surface area contributed by atoms with Gasteiger partial charge in [0.25, 0.3) is 5.91 Å². The third-order valence-electron chi connectivity index (χ3n) is 6.68. The number of aromatic nitrogens is 2. The fourth-order valence-corrected chi connectivity index (χ4v) is 4.61. The zero-order valence-electron chi connectivity index (χ0n) is 19.4. The molecule has 182 valence electrons. The van der Waals surface area contributed by atoms with Crippen LogP contribution in [0, 0.1) is 17.6 Å². The summed E-state index contributed by atoms with van der Waals surface area (Å²) in [6.45, 7) is 2.25. The molecule has 3 N–H and O–H groups in total. The fraction of sp³-hybridized carbons (Fsp3) is 0.520. The van der Waals surface area contributed by atoms with Crippen LogP contribution in [0.1, 0.15) is 68.6 Å². The lowest BCUT2D eigenvalue weighted by Gasteiger charge is -2.31. The average Bonchev–Trinajstić information content (AvgIpc) is 2.84. The standard InChI is InChI=1S/C25H32F2N6O/c1-16-3-6-18(7-4-16)31-25(33-23(34)17-5-12-21(26)22(27)15-17)32-20-10-8-19(9-11-20)30-24-28-13-2-14-29-24/h2,5,12-16,18-20H,3-4,6-11H2,1H3,(H,28,29,30)(H2,31,32,33,34). The van der Waals surface area contributed by atoms with E-state index in [-0.39, 0.29) is 23.7 Å². The van der Waals surface area contributed by atoms with E-state index in [1.54, 1.807) is 18.5 Å². The van der Waals surface area contributed by atoms with Crippen LogP contribution in [0.3, 0.4) is 0 Å². The summed E-state index contributed by atoms with van der Waals surface area (Å²) in [6.07, 6.45) is 11.2. The van der Waals surface area contributed by atoms with Crippen molar-refractivity contribution in [3.05, 3.63) is 53.9 Å². The quantitative estimate of drug-likeness (QED) is 0.444. The third kappa shape index (κ3) is 6.71. The Balaban J connectivity index is 1.39. The predicted molar refractivity (Wildman–Crippen MR) is 128 cm³/mol. The van der Waals surface area contributed by atoms with Gasteiger partial charge >= 0.3 is 0 Å². The van der Waals surface area contributed by atoms with Crippen molar-refractivity contribution in [3.8, 4) is 0 Å². The predicted octanol–water partition coefficient (Wildman–Crippen LogP) is 4.43. The maximum absolute atomic E-state index is 13.6. The molecule has 4 rings (SSSR count). The third-order valence-corrected chi connectivity index (χ3v) is 6.68. The van der Waals surface area contributed by atoms with E-state index >= 15 is 0 Å². The zero-order chi connectivity index (χ0) is 23.9. The van der Waals surface area contributed by atoms with Gasteiger partial charge in [-0.2, -0.15) is 0 Å². The van der Waals surface area contributed by atoms with Gasteiger partial charge in [0.2, 0.25) is 5.95 Å². The number of nitrogens with one attached hydrogen (secondary N) is 3. The molecule has 9 heteroatoms. The topological polar surface area (TPSA) is 91.3 Å². The molecule has 1 aromatic carbocycles. The van der Waals surface area contributed by atoms with Crippen LogP contribution in [0.25, 0.3) is 0 Å². The summed E-state index contributed by atoms with van der Waals surface area (Å²) < 4.78 is 26.9. The number of hydrogen-bond donors (Lipinski definition) is 3. The van der Waals surface area contributed by atoms with E-state index in [0.717, 1.165) is 63.5 Å². The first-order valence-electron chi connectivity index (χ1n) is 12.1. The highest BCUT2D eigenvalue weighted by atomic mass is 19.2. The molecule has 0 atom stereocenters. The number of carbonyl (C=O) groups is 1. The summed E-state index contributed by atoms with van der Waals surface area (Å²) in [7, 11) is 0. The molecule has 0 saturated heterocycles. The van der Waals surface area contributed by atoms with Gasteiger partial charge in [-0.3, -0.25) is 10.1 Å². The molecule has 0 radical (unpaired) electrons. The summed E-state index contributed by atoms with van der Waals surface area (Å²) in [4.78, 5) is 26.0. The fourth-order valence-electron chi connectivity index (χ4n) is 4.61. The van der Waals surface area contributed by atoms with Gasteiger partial charge in [0.15, 0.2) is 17.6 Å². The van der Waals surface area contributed by atoms with Crippen molar-refractivity contribution in [1.82, 2.24) is 20.6 Å². The molecule has 2 aliphatic carbocycles. The number of carbonyl (C=O) groups excluding carboxylic acids is 1. The van der Waals surface area contributed by atoms with Crippen molar-refractivity contribution >= 4 is 17.8 Å². The summed E-state index contributed by atoms with van der Waals surface area (Å²) in [5, 5.41) is 9.60. The summed E-state index contributed by atoms with van der Waals surface area (Å²) in [6, 6.07) is 5.51. The Morgan fingerprint density at radius 1 is 0.941 bits per heavy atom. The Labute approximate surface area is 198 Å². The number of rotatable bonds is 5. The highest BCUT2D eigenvalue weighted by molar-refractivity contribution is 6.05. The summed E-state index contributed by atoms with van der Waals surface area (Å²) >= 11 is 0. The molecule has 34 heavy (non-hydrogen) atoms. The van der Waals surface area contributed by atoms with E-state index in [1.165, 1.54) is 6.07 Å². The lowest BCUT2D eigenvalue weighted by molar-refractivity contribution is 0.0974. The SMILES string of the molecule is CC1CCC(N=C(NC(=O)c2ccc(F)c(F)c2)NC2CCC(Nc3ncccn3)CC2)CC1. The molecule has 2 fully saturated rings. The molecule has 0 bridgehead atoms. The normalized spacial score (nSPS) is 25.4. The van der Waals surface area contributed by atoms with Crippen LogP contribution in [0.15, 0.2) is 41.7 Å². The second-order valence-electron chi connectivity index (χ2n) is 9.38. The highest BCUT2D eigenvalue weighted by Crippen LogP contribution is 2.26. The van der Waals surface area contributed by atoms with E-state index in [0.29, 0.717) is 17.8 Å². The molecule has 7 nitrogen and oxygen atoms in total. The molecular weight excluding hydrogens is 438 g/mol. The Kier molecular flexibility index (Phi) is 8.03. The molecule has 0 aliphatic heterocycles.